The van der Waals surface area contributed by atoms with E-state index in [1.54, 1.807) is 13.8 Å². The van der Waals surface area contributed by atoms with Crippen molar-refractivity contribution in [1.82, 2.24) is 20.1 Å². The molecule has 0 spiro atoms. The summed E-state index contributed by atoms with van der Waals surface area (Å²) < 4.78 is 30.3. The summed E-state index contributed by atoms with van der Waals surface area (Å²) in [6, 6.07) is -3.30. The number of hydrogen-bond donors (Lipinski definition) is 6. The van der Waals surface area contributed by atoms with E-state index in [0.717, 1.165) is 32.1 Å². The molecule has 1 rings (SSSR count). The van der Waals surface area contributed by atoms with Gasteiger partial charge in [0.25, 0.3) is 10.2 Å². The van der Waals surface area contributed by atoms with Crippen LogP contribution in [0.15, 0.2) is 0 Å². The van der Waals surface area contributed by atoms with Crippen LogP contribution in [0.25, 0.3) is 0 Å². The standard InChI is InChI=1S/C24H47N5O6S.ClH/c1-16(2)15-26-23(31)21(17(3)4)27-22(30)20(14-18-10-6-5-7-11-18)29-36(34,35)28-19(24(32)33)12-8-9-13-25;/h16-21,28-29H,5-15,25H2,1-4H3,(H,26,31)(H,27,30)(H,32,33);1H/t19-,20-,21-;/m0./s1. The quantitative estimate of drug-likeness (QED) is 0.144. The Balaban J connectivity index is 0.0000130. The van der Waals surface area contributed by atoms with Crippen LogP contribution in [0.1, 0.15) is 85.5 Å². The van der Waals surface area contributed by atoms with Crippen molar-refractivity contribution >= 4 is 40.4 Å². The van der Waals surface area contributed by atoms with Crippen LogP contribution in [-0.4, -0.2) is 62.5 Å². The predicted molar refractivity (Wildman–Crippen MR) is 146 cm³/mol. The molecule has 1 aliphatic carbocycles. The smallest absolute Gasteiger partial charge is 0.321 e. The van der Waals surface area contributed by atoms with Gasteiger partial charge in [-0.3, -0.25) is 14.4 Å². The van der Waals surface area contributed by atoms with Gasteiger partial charge in [0, 0.05) is 6.54 Å². The predicted octanol–water partition coefficient (Wildman–Crippen LogP) is 1.67. The molecular weight excluding hydrogens is 522 g/mol. The van der Waals surface area contributed by atoms with Gasteiger partial charge >= 0.3 is 5.97 Å². The number of carbonyl (C=O) groups excluding carboxylic acids is 2. The van der Waals surface area contributed by atoms with Crippen molar-refractivity contribution in [2.24, 2.45) is 23.5 Å². The Labute approximate surface area is 228 Å². The number of carboxylic acid groups (broad SMARTS) is 1. The highest BCUT2D eigenvalue weighted by molar-refractivity contribution is 7.87. The van der Waals surface area contributed by atoms with Crippen molar-refractivity contribution in [3.05, 3.63) is 0 Å². The van der Waals surface area contributed by atoms with E-state index in [2.05, 4.69) is 20.1 Å². The maximum Gasteiger partial charge on any atom is 0.321 e. The molecule has 0 aromatic rings. The summed E-state index contributed by atoms with van der Waals surface area (Å²) in [6.07, 6.45) is 6.28. The summed E-state index contributed by atoms with van der Waals surface area (Å²) in [5.41, 5.74) is 5.45. The minimum absolute atomic E-state index is 0. The van der Waals surface area contributed by atoms with E-state index in [1.807, 2.05) is 13.8 Å². The van der Waals surface area contributed by atoms with Crippen molar-refractivity contribution in [1.29, 1.82) is 0 Å². The van der Waals surface area contributed by atoms with E-state index in [-0.39, 0.29) is 48.9 Å². The van der Waals surface area contributed by atoms with Gasteiger partial charge in [-0.15, -0.1) is 12.4 Å². The fraction of sp³-hybridized carbons (Fsp3) is 0.875. The third kappa shape index (κ3) is 14.3. The van der Waals surface area contributed by atoms with Crippen molar-refractivity contribution in [2.75, 3.05) is 13.1 Å². The van der Waals surface area contributed by atoms with Gasteiger partial charge in [0.15, 0.2) is 0 Å². The van der Waals surface area contributed by atoms with E-state index >= 15 is 0 Å². The molecule has 0 unspecified atom stereocenters. The number of carboxylic acids is 1. The molecule has 0 saturated heterocycles. The summed E-state index contributed by atoms with van der Waals surface area (Å²) in [4.78, 5) is 37.6. The largest absolute Gasteiger partial charge is 0.480 e. The van der Waals surface area contributed by atoms with Gasteiger partial charge in [-0.2, -0.15) is 17.9 Å². The second-order valence-corrected chi connectivity index (χ2v) is 12.1. The second kappa shape index (κ2) is 17.9. The number of nitrogens with two attached hydrogens (primary N) is 1. The van der Waals surface area contributed by atoms with E-state index < -0.39 is 40.2 Å². The molecule has 1 saturated carbocycles. The van der Waals surface area contributed by atoms with Crippen molar-refractivity contribution in [2.45, 2.75) is 104 Å². The molecule has 0 bridgehead atoms. The first kappa shape index (κ1) is 35.5. The fourth-order valence-corrected chi connectivity index (χ4v) is 5.54. The summed E-state index contributed by atoms with van der Waals surface area (Å²) in [5.74, 6) is -2.04. The third-order valence-electron chi connectivity index (χ3n) is 6.38. The molecular formula is C24H48ClN5O6S. The summed E-state index contributed by atoms with van der Waals surface area (Å²) in [7, 11) is -4.33. The molecule has 0 heterocycles. The molecule has 1 fully saturated rings. The normalized spacial score (nSPS) is 17.1. The van der Waals surface area contributed by atoms with Crippen molar-refractivity contribution in [3.63, 3.8) is 0 Å². The molecule has 2 amide bonds. The molecule has 0 aromatic heterocycles. The molecule has 1 aliphatic rings. The van der Waals surface area contributed by atoms with Crippen molar-refractivity contribution < 1.29 is 27.9 Å². The second-order valence-electron chi connectivity index (χ2n) is 10.6. The minimum Gasteiger partial charge on any atom is -0.480 e. The Morgan fingerprint density at radius 2 is 1.54 bits per heavy atom. The van der Waals surface area contributed by atoms with E-state index in [9.17, 15) is 27.9 Å². The van der Waals surface area contributed by atoms with Gasteiger partial charge in [0.05, 0.1) is 0 Å². The first-order valence-corrected chi connectivity index (χ1v) is 14.6. The molecule has 11 nitrogen and oxygen atoms in total. The average molecular weight is 570 g/mol. The monoisotopic (exact) mass is 569 g/mol. The van der Waals surface area contributed by atoms with Crippen LogP contribution in [0.5, 0.6) is 0 Å². The lowest BCUT2D eigenvalue weighted by atomic mass is 9.84. The zero-order valence-electron chi connectivity index (χ0n) is 22.6. The fourth-order valence-electron chi connectivity index (χ4n) is 4.30. The maximum atomic E-state index is 13.3. The lowest BCUT2D eigenvalue weighted by molar-refractivity contribution is -0.139. The Kier molecular flexibility index (Phi) is 17.2. The van der Waals surface area contributed by atoms with E-state index in [0.29, 0.717) is 25.9 Å². The van der Waals surface area contributed by atoms with Gasteiger partial charge in [-0.05, 0) is 43.6 Å². The third-order valence-corrected chi connectivity index (χ3v) is 7.57. The molecule has 0 radical (unpaired) electrons. The number of carbonyl (C=O) groups is 3. The van der Waals surface area contributed by atoms with E-state index in [1.165, 1.54) is 0 Å². The summed E-state index contributed by atoms with van der Waals surface area (Å²) >= 11 is 0. The molecule has 218 valence electrons. The zero-order valence-corrected chi connectivity index (χ0v) is 24.3. The minimum atomic E-state index is -4.33. The van der Waals surface area contributed by atoms with Gasteiger partial charge in [0.2, 0.25) is 11.8 Å². The summed E-state index contributed by atoms with van der Waals surface area (Å²) in [5, 5.41) is 15.0. The van der Waals surface area contributed by atoms with Crippen LogP contribution >= 0.6 is 12.4 Å². The van der Waals surface area contributed by atoms with Crippen LogP contribution < -0.4 is 25.8 Å². The van der Waals surface area contributed by atoms with Crippen LogP contribution in [0.2, 0.25) is 0 Å². The van der Waals surface area contributed by atoms with Gasteiger partial charge in [-0.1, -0.05) is 66.2 Å². The molecule has 0 aromatic carbocycles. The number of hydrogen-bond acceptors (Lipinski definition) is 6. The van der Waals surface area contributed by atoms with E-state index in [4.69, 9.17) is 5.73 Å². The molecule has 37 heavy (non-hydrogen) atoms. The lowest BCUT2D eigenvalue weighted by Crippen LogP contribution is -2.58. The Morgan fingerprint density at radius 1 is 0.946 bits per heavy atom. The number of nitrogens with one attached hydrogen (secondary N) is 4. The summed E-state index contributed by atoms with van der Waals surface area (Å²) in [6.45, 7) is 8.38. The molecule has 0 aliphatic heterocycles. The number of aliphatic carboxylic acids is 1. The van der Waals surface area contributed by atoms with Crippen LogP contribution in [-0.2, 0) is 24.6 Å². The van der Waals surface area contributed by atoms with Crippen LogP contribution in [0, 0.1) is 17.8 Å². The van der Waals surface area contributed by atoms with Gasteiger partial charge < -0.3 is 21.5 Å². The highest BCUT2D eigenvalue weighted by Crippen LogP contribution is 2.27. The average Bonchev–Trinajstić information content (AvgIpc) is 2.80. The molecule has 3 atom stereocenters. The Hall–Kier alpha value is -1.47. The Morgan fingerprint density at radius 3 is 2.05 bits per heavy atom. The first-order valence-electron chi connectivity index (χ1n) is 13.2. The molecule has 7 N–H and O–H groups in total. The maximum absolute atomic E-state index is 13.3. The first-order chi connectivity index (χ1) is 16.9. The van der Waals surface area contributed by atoms with Gasteiger partial charge in [0.1, 0.15) is 18.1 Å². The highest BCUT2D eigenvalue weighted by atomic mass is 35.5. The number of unbranched alkanes of at least 4 members (excludes halogenated alkanes) is 1. The van der Waals surface area contributed by atoms with Crippen LogP contribution in [0.4, 0.5) is 0 Å². The number of halogens is 1. The van der Waals surface area contributed by atoms with Crippen LogP contribution in [0.3, 0.4) is 0 Å². The zero-order chi connectivity index (χ0) is 27.3. The highest BCUT2D eigenvalue weighted by Gasteiger charge is 2.33. The van der Waals surface area contributed by atoms with Gasteiger partial charge in [-0.25, -0.2) is 0 Å². The molecule has 13 heteroatoms. The lowest BCUT2D eigenvalue weighted by Gasteiger charge is -2.29. The SMILES string of the molecule is CC(C)CNC(=O)[C@@H](NC(=O)[C@H](CC1CCCCC1)NS(=O)(=O)N[C@@H](CCCCN)C(=O)O)C(C)C.Cl. The number of rotatable bonds is 17. The number of amides is 2. The topological polar surface area (TPSA) is 180 Å². The Bertz CT molecular complexity index is 805. The van der Waals surface area contributed by atoms with Crippen molar-refractivity contribution in [3.8, 4) is 0 Å².